The van der Waals surface area contributed by atoms with Crippen LogP contribution in [-0.2, 0) is 0 Å². The van der Waals surface area contributed by atoms with Gasteiger partial charge in [0.05, 0.1) is 6.10 Å². The van der Waals surface area contributed by atoms with Gasteiger partial charge >= 0.3 is 0 Å². The summed E-state index contributed by atoms with van der Waals surface area (Å²) in [6, 6.07) is 7.21. The molecule has 4 heteroatoms. The van der Waals surface area contributed by atoms with E-state index in [-0.39, 0.29) is 12.0 Å². The lowest BCUT2D eigenvalue weighted by Gasteiger charge is -2.14. The van der Waals surface area contributed by atoms with E-state index in [9.17, 15) is 4.79 Å². The Hall–Kier alpha value is -1.03. The molecule has 0 aliphatic rings. The zero-order valence-electron chi connectivity index (χ0n) is 11.9. The largest absolute Gasteiger partial charge is 0.491 e. The molecule has 1 atom stereocenters. The van der Waals surface area contributed by atoms with E-state index < -0.39 is 0 Å². The molecule has 0 bridgehead atoms. The first-order valence-corrected chi connectivity index (χ1v) is 7.50. The maximum Gasteiger partial charge on any atom is 0.251 e. The van der Waals surface area contributed by atoms with E-state index in [4.69, 9.17) is 4.74 Å². The maximum atomic E-state index is 11.9. The average Bonchev–Trinajstić information content (AvgIpc) is 2.35. The van der Waals surface area contributed by atoms with Gasteiger partial charge in [0, 0.05) is 16.9 Å². The van der Waals surface area contributed by atoms with Crippen molar-refractivity contribution in [2.24, 2.45) is 5.92 Å². The van der Waals surface area contributed by atoms with Crippen LogP contribution in [0.3, 0.4) is 0 Å². The average molecular weight is 328 g/mol. The second-order valence-corrected chi connectivity index (χ2v) is 6.34. The number of hydrogen-bond donors (Lipinski definition) is 1. The number of ether oxygens (including phenoxy) is 1. The van der Waals surface area contributed by atoms with Gasteiger partial charge in [0.2, 0.25) is 0 Å². The van der Waals surface area contributed by atoms with Gasteiger partial charge in [-0.15, -0.1) is 0 Å². The van der Waals surface area contributed by atoms with Gasteiger partial charge in [-0.05, 0) is 44.0 Å². The Morgan fingerprint density at radius 3 is 2.26 bits per heavy atom. The molecule has 1 rings (SSSR count). The summed E-state index contributed by atoms with van der Waals surface area (Å²) >= 11 is 3.55. The van der Waals surface area contributed by atoms with Crippen LogP contribution in [0, 0.1) is 5.92 Å². The second-order valence-electron chi connectivity index (χ2n) is 5.16. The molecule has 106 valence electrons. The Labute approximate surface area is 123 Å². The van der Waals surface area contributed by atoms with Gasteiger partial charge in [0.1, 0.15) is 5.75 Å². The Bertz CT molecular complexity index is 401. The number of alkyl halides is 1. The van der Waals surface area contributed by atoms with Gasteiger partial charge in [-0.2, -0.15) is 0 Å². The third kappa shape index (κ3) is 5.64. The SMILES string of the molecule is CC(C)Oc1ccc(C(=O)NCC(Br)C(C)C)cc1. The normalized spacial score (nSPS) is 12.6. The van der Waals surface area contributed by atoms with Crippen molar-refractivity contribution in [3.8, 4) is 5.75 Å². The van der Waals surface area contributed by atoms with E-state index in [1.165, 1.54) is 0 Å². The van der Waals surface area contributed by atoms with E-state index in [2.05, 4.69) is 35.1 Å². The minimum atomic E-state index is -0.0544. The smallest absolute Gasteiger partial charge is 0.251 e. The molecule has 0 aromatic heterocycles. The van der Waals surface area contributed by atoms with Crippen LogP contribution < -0.4 is 10.1 Å². The highest BCUT2D eigenvalue weighted by Gasteiger charge is 2.11. The molecule has 0 radical (unpaired) electrons. The first-order valence-electron chi connectivity index (χ1n) is 6.59. The third-order valence-electron chi connectivity index (χ3n) is 2.67. The van der Waals surface area contributed by atoms with E-state index in [0.29, 0.717) is 22.9 Å². The fourth-order valence-corrected chi connectivity index (χ4v) is 1.65. The molecule has 0 aliphatic carbocycles. The molecular weight excluding hydrogens is 306 g/mol. The lowest BCUT2D eigenvalue weighted by molar-refractivity contribution is 0.0953. The van der Waals surface area contributed by atoms with Crippen LogP contribution in [0.15, 0.2) is 24.3 Å². The minimum Gasteiger partial charge on any atom is -0.491 e. The molecule has 1 unspecified atom stereocenters. The van der Waals surface area contributed by atoms with Gasteiger partial charge < -0.3 is 10.1 Å². The van der Waals surface area contributed by atoms with E-state index in [1.54, 1.807) is 12.1 Å². The van der Waals surface area contributed by atoms with Crippen molar-refractivity contribution in [1.29, 1.82) is 0 Å². The lowest BCUT2D eigenvalue weighted by Crippen LogP contribution is -2.31. The van der Waals surface area contributed by atoms with Gasteiger partial charge in [-0.3, -0.25) is 4.79 Å². The molecular formula is C15H22BrNO2. The van der Waals surface area contributed by atoms with Crippen molar-refractivity contribution in [1.82, 2.24) is 5.32 Å². The summed E-state index contributed by atoms with van der Waals surface area (Å²) in [5.74, 6) is 1.22. The molecule has 1 N–H and O–H groups in total. The monoisotopic (exact) mass is 327 g/mol. The molecule has 0 spiro atoms. The third-order valence-corrected chi connectivity index (χ3v) is 4.05. The number of amides is 1. The predicted molar refractivity (Wildman–Crippen MR) is 82.1 cm³/mol. The summed E-state index contributed by atoms with van der Waals surface area (Å²) < 4.78 is 5.54. The number of carbonyl (C=O) groups excluding carboxylic acids is 1. The highest BCUT2D eigenvalue weighted by Crippen LogP contribution is 2.14. The lowest BCUT2D eigenvalue weighted by atomic mass is 10.1. The number of carbonyl (C=O) groups is 1. The van der Waals surface area contributed by atoms with Crippen LogP contribution in [0.4, 0.5) is 0 Å². The van der Waals surface area contributed by atoms with Crippen molar-refractivity contribution < 1.29 is 9.53 Å². The van der Waals surface area contributed by atoms with Crippen LogP contribution in [0.2, 0.25) is 0 Å². The minimum absolute atomic E-state index is 0.0544. The maximum absolute atomic E-state index is 11.9. The van der Waals surface area contributed by atoms with Crippen LogP contribution in [0.1, 0.15) is 38.1 Å². The molecule has 1 aromatic carbocycles. The van der Waals surface area contributed by atoms with Gasteiger partial charge in [-0.1, -0.05) is 29.8 Å². The Balaban J connectivity index is 2.53. The van der Waals surface area contributed by atoms with Crippen LogP contribution >= 0.6 is 15.9 Å². The van der Waals surface area contributed by atoms with E-state index >= 15 is 0 Å². The number of benzene rings is 1. The zero-order chi connectivity index (χ0) is 14.4. The first kappa shape index (κ1) is 16.0. The Kier molecular flexibility index (Phi) is 6.35. The standard InChI is InChI=1S/C15H22BrNO2/c1-10(2)14(16)9-17-15(18)12-5-7-13(8-6-12)19-11(3)4/h5-8,10-11,14H,9H2,1-4H3,(H,17,18). The molecule has 0 saturated carbocycles. The summed E-state index contributed by atoms with van der Waals surface area (Å²) in [7, 11) is 0. The predicted octanol–water partition coefficient (Wildman–Crippen LogP) is 3.62. The zero-order valence-corrected chi connectivity index (χ0v) is 13.5. The molecule has 19 heavy (non-hydrogen) atoms. The summed E-state index contributed by atoms with van der Waals surface area (Å²) in [6.45, 7) is 8.80. The summed E-state index contributed by atoms with van der Waals surface area (Å²) in [5, 5.41) is 2.91. The Morgan fingerprint density at radius 1 is 1.21 bits per heavy atom. The van der Waals surface area contributed by atoms with Gasteiger partial charge in [0.25, 0.3) is 5.91 Å². The number of halogens is 1. The van der Waals surface area contributed by atoms with Crippen molar-refractivity contribution in [2.45, 2.75) is 38.6 Å². The fraction of sp³-hybridized carbons (Fsp3) is 0.533. The number of hydrogen-bond acceptors (Lipinski definition) is 2. The highest BCUT2D eigenvalue weighted by molar-refractivity contribution is 9.09. The highest BCUT2D eigenvalue weighted by atomic mass is 79.9. The molecule has 0 fully saturated rings. The fourth-order valence-electron chi connectivity index (χ4n) is 1.49. The molecule has 1 amide bonds. The van der Waals surface area contributed by atoms with Crippen molar-refractivity contribution >= 4 is 21.8 Å². The number of rotatable bonds is 6. The second kappa shape index (κ2) is 7.53. The quantitative estimate of drug-likeness (QED) is 0.810. The van der Waals surface area contributed by atoms with Crippen LogP contribution in [0.5, 0.6) is 5.75 Å². The topological polar surface area (TPSA) is 38.3 Å². The Morgan fingerprint density at radius 2 is 1.79 bits per heavy atom. The first-order chi connectivity index (χ1) is 8.90. The molecule has 0 heterocycles. The van der Waals surface area contributed by atoms with Gasteiger partial charge in [-0.25, -0.2) is 0 Å². The number of nitrogens with one attached hydrogen (secondary N) is 1. The summed E-state index contributed by atoms with van der Waals surface area (Å²) in [6.07, 6.45) is 0.139. The van der Waals surface area contributed by atoms with E-state index in [0.717, 1.165) is 5.75 Å². The molecule has 0 aliphatic heterocycles. The molecule has 0 saturated heterocycles. The van der Waals surface area contributed by atoms with E-state index in [1.807, 2.05) is 26.0 Å². The summed E-state index contributed by atoms with van der Waals surface area (Å²) in [4.78, 5) is 12.2. The van der Waals surface area contributed by atoms with Crippen molar-refractivity contribution in [3.05, 3.63) is 29.8 Å². The van der Waals surface area contributed by atoms with Crippen LogP contribution in [-0.4, -0.2) is 23.4 Å². The van der Waals surface area contributed by atoms with Crippen molar-refractivity contribution in [3.63, 3.8) is 0 Å². The summed E-state index contributed by atoms with van der Waals surface area (Å²) in [5.41, 5.74) is 0.652. The molecule has 1 aromatic rings. The molecule has 3 nitrogen and oxygen atoms in total. The van der Waals surface area contributed by atoms with Crippen molar-refractivity contribution in [2.75, 3.05) is 6.54 Å². The van der Waals surface area contributed by atoms with Crippen LogP contribution in [0.25, 0.3) is 0 Å². The van der Waals surface area contributed by atoms with Gasteiger partial charge in [0.15, 0.2) is 0 Å².